The Hall–Kier alpha value is -1.35. The van der Waals surface area contributed by atoms with Gasteiger partial charge in [-0.05, 0) is 32.4 Å². The van der Waals surface area contributed by atoms with Gasteiger partial charge in [-0.3, -0.25) is 4.79 Å². The molecular formula is C15H20N2O2S. The number of nitrogens with two attached hydrogens (primary N) is 1. The second-order valence-corrected chi connectivity index (χ2v) is 6.15. The summed E-state index contributed by atoms with van der Waals surface area (Å²) in [6, 6.07) is 1.92. The van der Waals surface area contributed by atoms with Crippen molar-refractivity contribution in [2.75, 3.05) is 19.6 Å². The quantitative estimate of drug-likeness (QED) is 0.800. The highest BCUT2D eigenvalue weighted by atomic mass is 32.1. The molecule has 0 bridgehead atoms. The SMILES string of the molecule is Cc1cc(C(=O)N2C[C@@H](C)O[C@@H](C)C2)sc1C#CCN. The highest BCUT2D eigenvalue weighted by Crippen LogP contribution is 2.24. The molecule has 0 spiro atoms. The van der Waals surface area contributed by atoms with Crippen LogP contribution in [0.25, 0.3) is 0 Å². The Balaban J connectivity index is 2.17. The molecule has 1 aromatic rings. The minimum atomic E-state index is 0.0703. The monoisotopic (exact) mass is 292 g/mol. The summed E-state index contributed by atoms with van der Waals surface area (Å²) in [5.41, 5.74) is 6.42. The van der Waals surface area contributed by atoms with Crippen LogP contribution in [0.4, 0.5) is 0 Å². The smallest absolute Gasteiger partial charge is 0.264 e. The van der Waals surface area contributed by atoms with Gasteiger partial charge in [0.05, 0.1) is 28.5 Å². The van der Waals surface area contributed by atoms with Gasteiger partial charge < -0.3 is 15.4 Å². The standard InChI is InChI=1S/C15H20N2O2S/c1-10-7-14(20-13(10)5-4-6-16)15(18)17-8-11(2)19-12(3)9-17/h7,11-12H,6,8-9,16H2,1-3H3/t11-,12+. The maximum Gasteiger partial charge on any atom is 0.264 e. The van der Waals surface area contributed by atoms with Gasteiger partial charge in [0, 0.05) is 13.1 Å². The van der Waals surface area contributed by atoms with E-state index in [2.05, 4.69) is 11.8 Å². The molecule has 108 valence electrons. The van der Waals surface area contributed by atoms with Crippen molar-refractivity contribution in [3.05, 3.63) is 21.4 Å². The van der Waals surface area contributed by atoms with Gasteiger partial charge in [0.15, 0.2) is 0 Å². The summed E-state index contributed by atoms with van der Waals surface area (Å²) in [7, 11) is 0. The zero-order valence-corrected chi connectivity index (χ0v) is 12.9. The number of aryl methyl sites for hydroxylation is 1. The Morgan fingerprint density at radius 1 is 1.50 bits per heavy atom. The lowest BCUT2D eigenvalue weighted by atomic mass is 10.2. The van der Waals surface area contributed by atoms with Gasteiger partial charge in [-0.15, -0.1) is 11.3 Å². The lowest BCUT2D eigenvalue weighted by Crippen LogP contribution is -2.48. The number of ether oxygens (including phenoxy) is 1. The molecule has 2 atom stereocenters. The average Bonchev–Trinajstić information content (AvgIpc) is 2.75. The molecule has 1 saturated heterocycles. The molecule has 2 N–H and O–H groups in total. The van der Waals surface area contributed by atoms with Crippen molar-refractivity contribution >= 4 is 17.2 Å². The molecule has 0 saturated carbocycles. The normalized spacial score (nSPS) is 22.3. The van der Waals surface area contributed by atoms with E-state index >= 15 is 0 Å². The number of nitrogens with zero attached hydrogens (tertiary/aromatic N) is 1. The fourth-order valence-electron chi connectivity index (χ4n) is 2.34. The number of amides is 1. The van der Waals surface area contributed by atoms with Crippen LogP contribution in [-0.2, 0) is 4.74 Å². The Kier molecular flexibility index (Phi) is 4.81. The largest absolute Gasteiger partial charge is 0.372 e. The first kappa shape index (κ1) is 15.0. The molecule has 0 unspecified atom stereocenters. The number of carbonyl (C=O) groups is 1. The Labute approximate surface area is 123 Å². The maximum absolute atomic E-state index is 12.5. The second-order valence-electron chi connectivity index (χ2n) is 5.10. The van der Waals surface area contributed by atoms with E-state index in [4.69, 9.17) is 10.5 Å². The van der Waals surface area contributed by atoms with Crippen LogP contribution in [0.1, 0.15) is 34.0 Å². The van der Waals surface area contributed by atoms with Crippen LogP contribution in [0.15, 0.2) is 6.07 Å². The number of carbonyl (C=O) groups excluding carboxylic acids is 1. The van der Waals surface area contributed by atoms with Crippen molar-refractivity contribution in [3.8, 4) is 11.8 Å². The summed E-state index contributed by atoms with van der Waals surface area (Å²) >= 11 is 1.44. The minimum absolute atomic E-state index is 0.0703. The summed E-state index contributed by atoms with van der Waals surface area (Å²) in [6.07, 6.45) is 0.167. The Morgan fingerprint density at radius 3 is 2.75 bits per heavy atom. The molecule has 5 heteroatoms. The van der Waals surface area contributed by atoms with Crippen LogP contribution in [0, 0.1) is 18.8 Å². The van der Waals surface area contributed by atoms with E-state index in [9.17, 15) is 4.79 Å². The Bertz CT molecular complexity index is 546. The van der Waals surface area contributed by atoms with E-state index in [1.54, 1.807) is 0 Å². The van der Waals surface area contributed by atoms with Gasteiger partial charge in [0.25, 0.3) is 5.91 Å². The third-order valence-corrected chi connectivity index (χ3v) is 4.28. The van der Waals surface area contributed by atoms with Crippen LogP contribution in [0.5, 0.6) is 0 Å². The van der Waals surface area contributed by atoms with Crippen LogP contribution < -0.4 is 5.73 Å². The molecule has 4 nitrogen and oxygen atoms in total. The second kappa shape index (κ2) is 6.40. The molecule has 20 heavy (non-hydrogen) atoms. The van der Waals surface area contributed by atoms with E-state index in [0.717, 1.165) is 15.3 Å². The van der Waals surface area contributed by atoms with Gasteiger partial charge >= 0.3 is 0 Å². The molecule has 1 aromatic heterocycles. The molecule has 1 amide bonds. The summed E-state index contributed by atoms with van der Waals surface area (Å²) in [6.45, 7) is 7.58. The first-order valence-electron chi connectivity index (χ1n) is 6.75. The number of rotatable bonds is 1. The summed E-state index contributed by atoms with van der Waals surface area (Å²) in [5.74, 6) is 5.92. The van der Waals surface area contributed by atoms with Crippen LogP contribution in [-0.4, -0.2) is 42.6 Å². The molecule has 2 heterocycles. The van der Waals surface area contributed by atoms with Crippen molar-refractivity contribution < 1.29 is 9.53 Å². The topological polar surface area (TPSA) is 55.6 Å². The highest BCUT2D eigenvalue weighted by molar-refractivity contribution is 7.14. The van der Waals surface area contributed by atoms with Crippen molar-refractivity contribution in [2.45, 2.75) is 33.0 Å². The zero-order valence-electron chi connectivity index (χ0n) is 12.1. The molecule has 1 aliphatic heterocycles. The molecule has 2 rings (SSSR count). The number of morpholine rings is 1. The average molecular weight is 292 g/mol. The van der Waals surface area contributed by atoms with Crippen molar-refractivity contribution in [1.82, 2.24) is 4.90 Å². The molecular weight excluding hydrogens is 272 g/mol. The van der Waals surface area contributed by atoms with E-state index in [0.29, 0.717) is 19.6 Å². The van der Waals surface area contributed by atoms with Crippen molar-refractivity contribution in [3.63, 3.8) is 0 Å². The summed E-state index contributed by atoms with van der Waals surface area (Å²) in [5, 5.41) is 0. The minimum Gasteiger partial charge on any atom is -0.372 e. The van der Waals surface area contributed by atoms with Gasteiger partial charge in [-0.1, -0.05) is 11.8 Å². The fourth-order valence-corrected chi connectivity index (χ4v) is 3.36. The van der Waals surface area contributed by atoms with Crippen molar-refractivity contribution in [2.24, 2.45) is 5.73 Å². The van der Waals surface area contributed by atoms with E-state index < -0.39 is 0 Å². The van der Waals surface area contributed by atoms with Gasteiger partial charge in [0.2, 0.25) is 0 Å². The molecule has 1 aliphatic rings. The highest BCUT2D eigenvalue weighted by Gasteiger charge is 2.27. The lowest BCUT2D eigenvalue weighted by Gasteiger charge is -2.35. The van der Waals surface area contributed by atoms with Crippen LogP contribution in [0.2, 0.25) is 0 Å². The van der Waals surface area contributed by atoms with E-state index in [1.807, 2.05) is 31.7 Å². The third kappa shape index (κ3) is 3.40. The molecule has 0 aliphatic carbocycles. The molecule has 1 fully saturated rings. The van der Waals surface area contributed by atoms with Crippen molar-refractivity contribution in [1.29, 1.82) is 0 Å². The van der Waals surface area contributed by atoms with E-state index in [-0.39, 0.29) is 18.1 Å². The third-order valence-electron chi connectivity index (χ3n) is 3.14. The Morgan fingerprint density at radius 2 is 2.15 bits per heavy atom. The zero-order chi connectivity index (χ0) is 14.7. The van der Waals surface area contributed by atoms with Gasteiger partial charge in [-0.25, -0.2) is 0 Å². The van der Waals surface area contributed by atoms with Gasteiger partial charge in [-0.2, -0.15) is 0 Å². The molecule has 0 aromatic carbocycles. The first-order chi connectivity index (χ1) is 9.51. The summed E-state index contributed by atoms with van der Waals surface area (Å²) < 4.78 is 5.66. The summed E-state index contributed by atoms with van der Waals surface area (Å²) in [4.78, 5) is 16.1. The first-order valence-corrected chi connectivity index (χ1v) is 7.57. The van der Waals surface area contributed by atoms with E-state index in [1.165, 1.54) is 11.3 Å². The number of thiophene rings is 1. The number of hydrogen-bond donors (Lipinski definition) is 1. The fraction of sp³-hybridized carbons (Fsp3) is 0.533. The van der Waals surface area contributed by atoms with Crippen LogP contribution >= 0.6 is 11.3 Å². The predicted octanol–water partition coefficient (Wildman–Crippen LogP) is 1.62. The van der Waals surface area contributed by atoms with Crippen LogP contribution in [0.3, 0.4) is 0 Å². The maximum atomic E-state index is 12.5. The number of hydrogen-bond acceptors (Lipinski definition) is 4. The predicted molar refractivity (Wildman–Crippen MR) is 80.9 cm³/mol. The molecule has 0 radical (unpaired) electrons. The van der Waals surface area contributed by atoms with Gasteiger partial charge in [0.1, 0.15) is 0 Å². The lowest BCUT2D eigenvalue weighted by molar-refractivity contribution is -0.0585.